The number of esters is 1. The zero-order chi connectivity index (χ0) is 15.9. The molecule has 1 aliphatic rings. The molecule has 1 aromatic carbocycles. The summed E-state index contributed by atoms with van der Waals surface area (Å²) >= 11 is 1.58. The molecule has 5 heteroatoms. The Labute approximate surface area is 136 Å². The number of ether oxygens (including phenoxy) is 1. The molecule has 1 atom stereocenters. The van der Waals surface area contributed by atoms with Gasteiger partial charge in [-0.25, -0.2) is 0 Å². The Balaban J connectivity index is 1.83. The lowest BCUT2D eigenvalue weighted by Gasteiger charge is -2.32. The number of rotatable bonds is 5. The van der Waals surface area contributed by atoms with E-state index in [0.717, 1.165) is 4.90 Å². The van der Waals surface area contributed by atoms with Crippen molar-refractivity contribution in [3.05, 3.63) is 30.3 Å². The van der Waals surface area contributed by atoms with E-state index in [0.29, 0.717) is 32.5 Å². The van der Waals surface area contributed by atoms with E-state index < -0.39 is 0 Å². The number of nitrogens with zero attached hydrogens (tertiary/aromatic N) is 1. The van der Waals surface area contributed by atoms with Crippen LogP contribution < -0.4 is 0 Å². The van der Waals surface area contributed by atoms with Crippen molar-refractivity contribution < 1.29 is 14.3 Å². The van der Waals surface area contributed by atoms with Crippen LogP contribution in [-0.4, -0.2) is 41.7 Å². The lowest BCUT2D eigenvalue weighted by molar-refractivity contribution is -0.151. The van der Waals surface area contributed by atoms with E-state index in [2.05, 4.69) is 0 Å². The molecule has 0 bridgehead atoms. The predicted octanol–water partition coefficient (Wildman–Crippen LogP) is 2.97. The van der Waals surface area contributed by atoms with Gasteiger partial charge < -0.3 is 9.64 Å². The molecular weight excluding hydrogens is 298 g/mol. The Morgan fingerprint density at radius 1 is 1.27 bits per heavy atom. The van der Waals surface area contributed by atoms with Gasteiger partial charge in [0.2, 0.25) is 5.91 Å². The first-order valence-corrected chi connectivity index (χ1v) is 8.67. The highest BCUT2D eigenvalue weighted by atomic mass is 32.2. The molecule has 0 N–H and O–H groups in total. The highest BCUT2D eigenvalue weighted by molar-refractivity contribution is 8.00. The Hall–Kier alpha value is -1.49. The molecule has 1 aromatic rings. The fourth-order valence-electron chi connectivity index (χ4n) is 2.61. The molecule has 1 aliphatic heterocycles. The first-order valence-electron chi connectivity index (χ1n) is 7.79. The Bertz CT molecular complexity index is 498. The smallest absolute Gasteiger partial charge is 0.309 e. The fourth-order valence-corrected chi connectivity index (χ4v) is 3.58. The van der Waals surface area contributed by atoms with Gasteiger partial charge in [-0.2, -0.15) is 0 Å². The molecule has 2 rings (SSSR count). The molecular formula is C17H23NO3S. The summed E-state index contributed by atoms with van der Waals surface area (Å²) in [4.78, 5) is 27.2. The van der Waals surface area contributed by atoms with E-state index >= 15 is 0 Å². The van der Waals surface area contributed by atoms with Gasteiger partial charge in [0.1, 0.15) is 0 Å². The van der Waals surface area contributed by atoms with Crippen molar-refractivity contribution in [2.45, 2.75) is 36.8 Å². The lowest BCUT2D eigenvalue weighted by atomic mass is 9.97. The molecule has 1 saturated heterocycles. The van der Waals surface area contributed by atoms with Gasteiger partial charge >= 0.3 is 5.97 Å². The number of likely N-dealkylation sites (tertiary alicyclic amines) is 1. The average Bonchev–Trinajstić information content (AvgIpc) is 2.55. The number of hydrogen-bond donors (Lipinski definition) is 0. The summed E-state index contributed by atoms with van der Waals surface area (Å²) in [5.41, 5.74) is 0. The van der Waals surface area contributed by atoms with E-state index in [1.807, 2.05) is 49.1 Å². The third kappa shape index (κ3) is 4.50. The molecule has 4 nitrogen and oxygen atoms in total. The van der Waals surface area contributed by atoms with Crippen molar-refractivity contribution in [3.63, 3.8) is 0 Å². The molecule has 1 amide bonds. The fraction of sp³-hybridized carbons (Fsp3) is 0.529. The lowest BCUT2D eigenvalue weighted by Crippen LogP contribution is -2.43. The number of carbonyl (C=O) groups is 2. The molecule has 0 radical (unpaired) electrons. The van der Waals surface area contributed by atoms with Crippen molar-refractivity contribution in [1.82, 2.24) is 4.90 Å². The zero-order valence-electron chi connectivity index (χ0n) is 13.2. The standard InChI is InChI=1S/C17H23NO3S/c1-3-21-17(20)14-9-11-18(12-10-14)16(19)13(2)22-15-7-5-4-6-8-15/h4-8,13-14H,3,9-12H2,1-2H3/t13-/m1/s1. The number of hydrogen-bond acceptors (Lipinski definition) is 4. The SMILES string of the molecule is CCOC(=O)C1CCN(C(=O)[C@@H](C)Sc2ccccc2)CC1. The highest BCUT2D eigenvalue weighted by Gasteiger charge is 2.30. The summed E-state index contributed by atoms with van der Waals surface area (Å²) in [6.45, 7) is 5.46. The number of amides is 1. The van der Waals surface area contributed by atoms with Crippen LogP contribution in [0.15, 0.2) is 35.2 Å². The van der Waals surface area contributed by atoms with Crippen LogP contribution in [0.25, 0.3) is 0 Å². The maximum Gasteiger partial charge on any atom is 0.309 e. The van der Waals surface area contributed by atoms with Gasteiger partial charge in [-0.1, -0.05) is 18.2 Å². The number of benzene rings is 1. The minimum atomic E-state index is -0.124. The summed E-state index contributed by atoms with van der Waals surface area (Å²) < 4.78 is 5.06. The van der Waals surface area contributed by atoms with Crippen LogP contribution in [0.3, 0.4) is 0 Å². The van der Waals surface area contributed by atoms with Gasteiger partial charge in [-0.05, 0) is 38.8 Å². The predicted molar refractivity (Wildman–Crippen MR) is 87.7 cm³/mol. The van der Waals surface area contributed by atoms with Crippen molar-refractivity contribution in [1.29, 1.82) is 0 Å². The van der Waals surface area contributed by atoms with Gasteiger partial charge in [0.15, 0.2) is 0 Å². The number of piperidine rings is 1. The molecule has 22 heavy (non-hydrogen) atoms. The quantitative estimate of drug-likeness (QED) is 0.618. The van der Waals surface area contributed by atoms with Gasteiger partial charge in [0, 0.05) is 18.0 Å². The van der Waals surface area contributed by atoms with Gasteiger partial charge in [-0.15, -0.1) is 11.8 Å². The molecule has 0 aromatic heterocycles. The molecule has 0 spiro atoms. The van der Waals surface area contributed by atoms with Crippen molar-refractivity contribution in [3.8, 4) is 0 Å². The van der Waals surface area contributed by atoms with E-state index in [-0.39, 0.29) is 23.0 Å². The maximum atomic E-state index is 12.5. The Morgan fingerprint density at radius 3 is 2.50 bits per heavy atom. The van der Waals surface area contributed by atoms with Crippen LogP contribution >= 0.6 is 11.8 Å². The molecule has 0 saturated carbocycles. The van der Waals surface area contributed by atoms with Crippen molar-refractivity contribution in [2.24, 2.45) is 5.92 Å². The minimum Gasteiger partial charge on any atom is -0.466 e. The summed E-state index contributed by atoms with van der Waals surface area (Å²) in [6.07, 6.45) is 1.40. The largest absolute Gasteiger partial charge is 0.466 e. The summed E-state index contributed by atoms with van der Waals surface area (Å²) in [7, 11) is 0. The zero-order valence-corrected chi connectivity index (χ0v) is 14.0. The van der Waals surface area contributed by atoms with E-state index in [4.69, 9.17) is 4.74 Å². The van der Waals surface area contributed by atoms with E-state index in [9.17, 15) is 9.59 Å². The van der Waals surface area contributed by atoms with Crippen LogP contribution in [0.4, 0.5) is 0 Å². The third-order valence-electron chi connectivity index (χ3n) is 3.83. The Kier molecular flexibility index (Phi) is 6.31. The second-order valence-corrected chi connectivity index (χ2v) is 6.84. The topological polar surface area (TPSA) is 46.6 Å². The first-order chi connectivity index (χ1) is 10.6. The van der Waals surface area contributed by atoms with Gasteiger partial charge in [0.25, 0.3) is 0 Å². The normalized spacial score (nSPS) is 17.1. The van der Waals surface area contributed by atoms with Gasteiger partial charge in [0.05, 0.1) is 17.8 Å². The first kappa shape index (κ1) is 16.9. The van der Waals surface area contributed by atoms with Crippen LogP contribution in [-0.2, 0) is 14.3 Å². The second kappa shape index (κ2) is 8.22. The molecule has 1 fully saturated rings. The highest BCUT2D eigenvalue weighted by Crippen LogP contribution is 2.26. The molecule has 120 valence electrons. The number of thioether (sulfide) groups is 1. The monoisotopic (exact) mass is 321 g/mol. The van der Waals surface area contributed by atoms with Crippen LogP contribution in [0.1, 0.15) is 26.7 Å². The average molecular weight is 321 g/mol. The number of carbonyl (C=O) groups excluding carboxylic acids is 2. The van der Waals surface area contributed by atoms with E-state index in [1.165, 1.54) is 0 Å². The van der Waals surface area contributed by atoms with Crippen molar-refractivity contribution >= 4 is 23.6 Å². The minimum absolute atomic E-state index is 0.0546. The van der Waals surface area contributed by atoms with Crippen LogP contribution in [0.2, 0.25) is 0 Å². The summed E-state index contributed by atoms with van der Waals surface area (Å²) in [5, 5.41) is -0.110. The van der Waals surface area contributed by atoms with Gasteiger partial charge in [-0.3, -0.25) is 9.59 Å². The van der Waals surface area contributed by atoms with Crippen molar-refractivity contribution in [2.75, 3.05) is 19.7 Å². The molecule has 0 unspecified atom stereocenters. The third-order valence-corrected chi connectivity index (χ3v) is 4.93. The second-order valence-electron chi connectivity index (χ2n) is 5.42. The molecule has 0 aliphatic carbocycles. The van der Waals surface area contributed by atoms with E-state index in [1.54, 1.807) is 11.8 Å². The summed E-state index contributed by atoms with van der Waals surface area (Å²) in [5.74, 6) is -0.0291. The van der Waals surface area contributed by atoms with Crippen LogP contribution in [0, 0.1) is 5.92 Å². The Morgan fingerprint density at radius 2 is 1.91 bits per heavy atom. The molecule has 1 heterocycles. The maximum absolute atomic E-state index is 12.5. The summed E-state index contributed by atoms with van der Waals surface area (Å²) in [6, 6.07) is 9.95. The van der Waals surface area contributed by atoms with Crippen LogP contribution in [0.5, 0.6) is 0 Å².